The van der Waals surface area contributed by atoms with Crippen LogP contribution in [0.15, 0.2) is 24.3 Å². The third-order valence-corrected chi connectivity index (χ3v) is 2.67. The average molecular weight is 178 g/mol. The summed E-state index contributed by atoms with van der Waals surface area (Å²) in [6.45, 7) is 8.82. The van der Waals surface area contributed by atoms with Crippen molar-refractivity contribution in [2.75, 3.05) is 0 Å². The number of phenols is 1. The first-order valence-electron chi connectivity index (χ1n) is 4.70. The molecular formula is C12H18O. The lowest BCUT2D eigenvalue weighted by molar-refractivity contribution is 0.338. The Kier molecular flexibility index (Phi) is 2.65. The minimum absolute atomic E-state index is 0.244. The fourth-order valence-corrected chi connectivity index (χ4v) is 1.29. The summed E-state index contributed by atoms with van der Waals surface area (Å²) in [4.78, 5) is 0. The molecule has 1 aromatic carbocycles. The Labute approximate surface area is 80.4 Å². The molecule has 1 N–H and O–H groups in total. The normalized spacial score (nSPS) is 14.2. The van der Waals surface area contributed by atoms with E-state index in [1.54, 1.807) is 6.07 Å². The smallest absolute Gasteiger partial charge is 0.115 e. The highest BCUT2D eigenvalue weighted by Gasteiger charge is 2.21. The summed E-state index contributed by atoms with van der Waals surface area (Å²) >= 11 is 0. The zero-order valence-electron chi connectivity index (χ0n) is 8.83. The molecule has 0 fully saturated rings. The maximum Gasteiger partial charge on any atom is 0.115 e. The molecule has 0 amide bonds. The van der Waals surface area contributed by atoms with Gasteiger partial charge in [0.15, 0.2) is 0 Å². The van der Waals surface area contributed by atoms with Crippen LogP contribution >= 0.6 is 0 Å². The molecule has 1 atom stereocenters. The molecule has 0 heterocycles. The maximum absolute atomic E-state index is 9.33. The van der Waals surface area contributed by atoms with Crippen molar-refractivity contribution in [2.24, 2.45) is 5.41 Å². The predicted molar refractivity (Wildman–Crippen MR) is 56.0 cm³/mol. The fraction of sp³-hybridized carbons (Fsp3) is 0.500. The van der Waals surface area contributed by atoms with E-state index in [1.807, 2.05) is 12.1 Å². The van der Waals surface area contributed by atoms with Gasteiger partial charge < -0.3 is 5.11 Å². The second kappa shape index (κ2) is 3.41. The van der Waals surface area contributed by atoms with Crippen LogP contribution in [0.25, 0.3) is 0 Å². The van der Waals surface area contributed by atoms with Crippen molar-refractivity contribution in [3.63, 3.8) is 0 Å². The number of rotatable bonds is 1. The molecule has 0 aromatic heterocycles. The Morgan fingerprint density at radius 2 is 1.85 bits per heavy atom. The molecule has 0 bridgehead atoms. The molecule has 1 heteroatoms. The third kappa shape index (κ3) is 2.48. The van der Waals surface area contributed by atoms with Crippen LogP contribution in [0.2, 0.25) is 0 Å². The minimum atomic E-state index is 0.244. The molecule has 0 aliphatic rings. The lowest BCUT2D eigenvalue weighted by atomic mass is 9.78. The van der Waals surface area contributed by atoms with Gasteiger partial charge in [0.05, 0.1) is 0 Å². The number of phenolic OH excluding ortho intramolecular Hbond substituents is 1. The van der Waals surface area contributed by atoms with Gasteiger partial charge in [-0.1, -0.05) is 39.8 Å². The van der Waals surface area contributed by atoms with E-state index in [0.29, 0.717) is 11.7 Å². The summed E-state index contributed by atoms with van der Waals surface area (Å²) < 4.78 is 0. The van der Waals surface area contributed by atoms with Crippen LogP contribution in [0, 0.1) is 5.41 Å². The van der Waals surface area contributed by atoms with Crippen LogP contribution in [-0.2, 0) is 0 Å². The van der Waals surface area contributed by atoms with Crippen molar-refractivity contribution in [1.82, 2.24) is 0 Å². The molecule has 72 valence electrons. The largest absolute Gasteiger partial charge is 0.508 e. The zero-order valence-corrected chi connectivity index (χ0v) is 8.83. The van der Waals surface area contributed by atoms with E-state index in [9.17, 15) is 5.11 Å². The third-order valence-electron chi connectivity index (χ3n) is 2.67. The summed E-state index contributed by atoms with van der Waals surface area (Å²) in [6.07, 6.45) is 0. The highest BCUT2D eigenvalue weighted by atomic mass is 16.3. The summed E-state index contributed by atoms with van der Waals surface area (Å²) in [5.74, 6) is 0.813. The highest BCUT2D eigenvalue weighted by molar-refractivity contribution is 5.30. The van der Waals surface area contributed by atoms with Gasteiger partial charge >= 0.3 is 0 Å². The maximum atomic E-state index is 9.33. The highest BCUT2D eigenvalue weighted by Crippen LogP contribution is 2.35. The van der Waals surface area contributed by atoms with Crippen LogP contribution in [0.5, 0.6) is 5.75 Å². The number of benzene rings is 1. The summed E-state index contributed by atoms with van der Waals surface area (Å²) in [6, 6.07) is 7.51. The molecule has 0 radical (unpaired) electrons. The van der Waals surface area contributed by atoms with Gasteiger partial charge in [0.25, 0.3) is 0 Å². The Morgan fingerprint density at radius 3 is 2.31 bits per heavy atom. The first-order chi connectivity index (χ1) is 5.91. The van der Waals surface area contributed by atoms with Gasteiger partial charge in [-0.15, -0.1) is 0 Å². The summed E-state index contributed by atoms with van der Waals surface area (Å²) in [5, 5.41) is 9.33. The van der Waals surface area contributed by atoms with Crippen molar-refractivity contribution in [1.29, 1.82) is 0 Å². The topological polar surface area (TPSA) is 20.2 Å². The van der Waals surface area contributed by atoms with E-state index in [2.05, 4.69) is 33.8 Å². The van der Waals surface area contributed by atoms with Crippen molar-refractivity contribution in [2.45, 2.75) is 33.6 Å². The van der Waals surface area contributed by atoms with Crippen molar-refractivity contribution < 1.29 is 5.11 Å². The van der Waals surface area contributed by atoms with E-state index in [0.717, 1.165) is 0 Å². The Balaban J connectivity index is 2.96. The van der Waals surface area contributed by atoms with Crippen LogP contribution in [-0.4, -0.2) is 5.11 Å². The number of hydrogen-bond acceptors (Lipinski definition) is 1. The van der Waals surface area contributed by atoms with Gasteiger partial charge in [0.1, 0.15) is 5.75 Å². The Hall–Kier alpha value is -0.980. The standard InChI is InChI=1S/C12H18O/c1-9(12(2,3)4)10-6-5-7-11(13)8-10/h5-9,13H,1-4H3. The lowest BCUT2D eigenvalue weighted by Crippen LogP contribution is -2.14. The van der Waals surface area contributed by atoms with Crippen molar-refractivity contribution >= 4 is 0 Å². The van der Waals surface area contributed by atoms with Gasteiger partial charge in [-0.3, -0.25) is 0 Å². The minimum Gasteiger partial charge on any atom is -0.508 e. The summed E-state index contributed by atoms with van der Waals surface area (Å²) in [7, 11) is 0. The molecular weight excluding hydrogens is 160 g/mol. The molecule has 0 saturated carbocycles. The van der Waals surface area contributed by atoms with E-state index in [4.69, 9.17) is 0 Å². The monoisotopic (exact) mass is 178 g/mol. The molecule has 1 rings (SSSR count). The average Bonchev–Trinajstić information content (AvgIpc) is 2.01. The van der Waals surface area contributed by atoms with Crippen LogP contribution in [0.3, 0.4) is 0 Å². The number of hydrogen-bond donors (Lipinski definition) is 1. The summed E-state index contributed by atoms with van der Waals surface area (Å²) in [5.41, 5.74) is 1.45. The number of aromatic hydroxyl groups is 1. The second-order valence-corrected chi connectivity index (χ2v) is 4.68. The predicted octanol–water partition coefficient (Wildman–Crippen LogP) is 3.54. The first-order valence-corrected chi connectivity index (χ1v) is 4.70. The van der Waals surface area contributed by atoms with Gasteiger partial charge in [0, 0.05) is 0 Å². The van der Waals surface area contributed by atoms with Gasteiger partial charge in [-0.25, -0.2) is 0 Å². The zero-order chi connectivity index (χ0) is 10.1. The van der Waals surface area contributed by atoms with Gasteiger partial charge in [-0.05, 0) is 29.0 Å². The molecule has 0 spiro atoms. The van der Waals surface area contributed by atoms with Crippen LogP contribution in [0.4, 0.5) is 0 Å². The van der Waals surface area contributed by atoms with Crippen molar-refractivity contribution in [3.05, 3.63) is 29.8 Å². The molecule has 13 heavy (non-hydrogen) atoms. The SMILES string of the molecule is CC(c1cccc(O)c1)C(C)(C)C. The Morgan fingerprint density at radius 1 is 1.23 bits per heavy atom. The molecule has 1 aromatic rings. The van der Waals surface area contributed by atoms with Crippen LogP contribution in [0.1, 0.15) is 39.2 Å². The van der Waals surface area contributed by atoms with Gasteiger partial charge in [0.2, 0.25) is 0 Å². The first kappa shape index (κ1) is 10.1. The lowest BCUT2D eigenvalue weighted by Gasteiger charge is -2.27. The van der Waals surface area contributed by atoms with E-state index in [-0.39, 0.29) is 5.41 Å². The molecule has 0 saturated heterocycles. The molecule has 0 aliphatic carbocycles. The molecule has 1 unspecified atom stereocenters. The second-order valence-electron chi connectivity index (χ2n) is 4.68. The Bertz CT molecular complexity index is 283. The van der Waals surface area contributed by atoms with E-state index in [1.165, 1.54) is 5.56 Å². The van der Waals surface area contributed by atoms with Crippen molar-refractivity contribution in [3.8, 4) is 5.75 Å². The van der Waals surface area contributed by atoms with E-state index >= 15 is 0 Å². The fourth-order valence-electron chi connectivity index (χ4n) is 1.29. The van der Waals surface area contributed by atoms with E-state index < -0.39 is 0 Å². The molecule has 0 aliphatic heterocycles. The molecule has 1 nitrogen and oxygen atoms in total. The quantitative estimate of drug-likeness (QED) is 0.697. The van der Waals surface area contributed by atoms with Crippen LogP contribution < -0.4 is 0 Å². The van der Waals surface area contributed by atoms with Gasteiger partial charge in [-0.2, -0.15) is 0 Å².